The van der Waals surface area contributed by atoms with Crippen molar-refractivity contribution in [2.24, 2.45) is 0 Å². The van der Waals surface area contributed by atoms with Crippen molar-refractivity contribution in [1.29, 1.82) is 0 Å². The second-order valence-electron chi connectivity index (χ2n) is 6.64. The fourth-order valence-corrected chi connectivity index (χ4v) is 3.80. The van der Waals surface area contributed by atoms with Crippen molar-refractivity contribution in [3.05, 3.63) is 74.5 Å². The molecule has 30 heavy (non-hydrogen) atoms. The van der Waals surface area contributed by atoms with Gasteiger partial charge in [-0.2, -0.15) is 0 Å². The highest BCUT2D eigenvalue weighted by Crippen LogP contribution is 2.21. The Kier molecular flexibility index (Phi) is 7.18. The number of aromatic amines is 1. The largest absolute Gasteiger partial charge is 0.462 e. The third-order valence-electron chi connectivity index (χ3n) is 4.36. The number of carbonyl (C=O) groups excluding carboxylic acids is 2. The smallest absolute Gasteiger partial charge is 0.338 e. The van der Waals surface area contributed by atoms with Crippen LogP contribution in [0, 0.1) is 6.92 Å². The lowest BCUT2D eigenvalue weighted by atomic mass is 10.1. The van der Waals surface area contributed by atoms with Crippen molar-refractivity contribution in [2.75, 3.05) is 17.7 Å². The average molecular weight is 445 g/mol. The number of H-pyrrole nitrogens is 1. The number of thioether (sulfide) groups is 1. The van der Waals surface area contributed by atoms with Crippen LogP contribution < -0.4 is 10.7 Å². The molecule has 8 heteroatoms. The summed E-state index contributed by atoms with van der Waals surface area (Å²) in [6.45, 7) is 3.90. The molecule has 0 atom stereocenters. The minimum absolute atomic E-state index is 0.146. The van der Waals surface area contributed by atoms with Gasteiger partial charge in [-0.05, 0) is 49.7 Å². The van der Waals surface area contributed by atoms with Gasteiger partial charge in [0.05, 0.1) is 17.9 Å². The average Bonchev–Trinajstić information content (AvgIpc) is 2.71. The lowest BCUT2D eigenvalue weighted by Gasteiger charge is -2.09. The van der Waals surface area contributed by atoms with Gasteiger partial charge in [0, 0.05) is 39.1 Å². The number of carbonyl (C=O) groups is 2. The summed E-state index contributed by atoms with van der Waals surface area (Å²) in [5, 5.41) is 3.82. The van der Waals surface area contributed by atoms with Crippen LogP contribution in [0.5, 0.6) is 0 Å². The number of esters is 1. The summed E-state index contributed by atoms with van der Waals surface area (Å²) in [7, 11) is 0. The Bertz CT molecular complexity index is 1160. The van der Waals surface area contributed by atoms with Crippen molar-refractivity contribution in [3.63, 3.8) is 0 Å². The summed E-state index contributed by atoms with van der Waals surface area (Å²) in [6, 6.07) is 11.7. The normalized spacial score (nSPS) is 10.8. The van der Waals surface area contributed by atoms with E-state index < -0.39 is 5.97 Å². The van der Waals surface area contributed by atoms with E-state index in [1.165, 1.54) is 23.9 Å². The van der Waals surface area contributed by atoms with E-state index in [9.17, 15) is 14.4 Å². The summed E-state index contributed by atoms with van der Waals surface area (Å²) >= 11 is 7.36. The van der Waals surface area contributed by atoms with Crippen LogP contribution in [-0.4, -0.2) is 29.2 Å². The van der Waals surface area contributed by atoms with Crippen molar-refractivity contribution in [3.8, 4) is 0 Å². The molecule has 0 aliphatic carbocycles. The Hall–Kier alpha value is -2.77. The van der Waals surface area contributed by atoms with Crippen LogP contribution in [0.2, 0.25) is 5.02 Å². The van der Waals surface area contributed by atoms with Crippen molar-refractivity contribution < 1.29 is 14.3 Å². The first-order valence-corrected chi connectivity index (χ1v) is 10.9. The number of amides is 1. The van der Waals surface area contributed by atoms with Gasteiger partial charge in [0.1, 0.15) is 0 Å². The highest BCUT2D eigenvalue weighted by molar-refractivity contribution is 7.99. The minimum atomic E-state index is -0.459. The molecule has 0 saturated carbocycles. The standard InChI is InChI=1S/C22H21ClN2O4S/c1-3-29-22(28)14-5-7-18-17(8-14)20(26)10-16(24-18)11-30-12-21(27)25-19-9-15(23)6-4-13(19)2/h4-10H,3,11-12H2,1-2H3,(H,24,26)(H,25,27). The topological polar surface area (TPSA) is 88.3 Å². The molecule has 0 fully saturated rings. The number of hydrogen-bond acceptors (Lipinski definition) is 5. The lowest BCUT2D eigenvalue weighted by molar-refractivity contribution is -0.113. The Morgan fingerprint density at radius 1 is 1.17 bits per heavy atom. The van der Waals surface area contributed by atoms with Crippen LogP contribution in [0.4, 0.5) is 5.69 Å². The number of aromatic nitrogens is 1. The fraction of sp³-hybridized carbons (Fsp3) is 0.227. The molecule has 0 aliphatic heterocycles. The molecule has 6 nitrogen and oxygen atoms in total. The highest BCUT2D eigenvalue weighted by Gasteiger charge is 2.11. The molecule has 2 aromatic carbocycles. The number of pyridine rings is 1. The number of fused-ring (bicyclic) bond motifs is 1. The molecule has 0 unspecified atom stereocenters. The van der Waals surface area contributed by atoms with Gasteiger partial charge in [-0.25, -0.2) is 4.79 Å². The molecule has 3 rings (SSSR count). The summed E-state index contributed by atoms with van der Waals surface area (Å²) in [4.78, 5) is 39.7. The second kappa shape index (κ2) is 9.82. The molecule has 3 aromatic rings. The van der Waals surface area contributed by atoms with E-state index in [0.717, 1.165) is 5.56 Å². The number of hydrogen-bond donors (Lipinski definition) is 2. The first kappa shape index (κ1) is 21.9. The van der Waals surface area contributed by atoms with Crippen LogP contribution in [0.1, 0.15) is 28.5 Å². The number of ether oxygens (including phenoxy) is 1. The van der Waals surface area contributed by atoms with E-state index in [1.807, 2.05) is 13.0 Å². The monoisotopic (exact) mass is 444 g/mol. The van der Waals surface area contributed by atoms with Crippen LogP contribution >= 0.6 is 23.4 Å². The first-order valence-electron chi connectivity index (χ1n) is 9.34. The van der Waals surface area contributed by atoms with E-state index in [1.54, 1.807) is 31.2 Å². The third-order valence-corrected chi connectivity index (χ3v) is 5.58. The molecule has 0 spiro atoms. The van der Waals surface area contributed by atoms with Gasteiger partial charge in [0.2, 0.25) is 5.91 Å². The number of halogens is 1. The quantitative estimate of drug-likeness (QED) is 0.522. The third kappa shape index (κ3) is 5.43. The van der Waals surface area contributed by atoms with Crippen LogP contribution in [-0.2, 0) is 15.3 Å². The summed E-state index contributed by atoms with van der Waals surface area (Å²) in [5.41, 5.74) is 3.09. The highest BCUT2D eigenvalue weighted by atomic mass is 35.5. The number of rotatable bonds is 7. The van der Waals surface area contributed by atoms with Crippen molar-refractivity contribution in [2.45, 2.75) is 19.6 Å². The molecule has 156 valence electrons. The maximum absolute atomic E-state index is 12.5. The predicted octanol–water partition coefficient (Wildman–Crippen LogP) is 4.54. The first-order chi connectivity index (χ1) is 14.4. The van der Waals surface area contributed by atoms with Gasteiger partial charge in [0.25, 0.3) is 0 Å². The molecule has 0 radical (unpaired) electrons. The van der Waals surface area contributed by atoms with Gasteiger partial charge < -0.3 is 15.0 Å². The Labute approximate surface area is 183 Å². The lowest BCUT2D eigenvalue weighted by Crippen LogP contribution is -2.15. The van der Waals surface area contributed by atoms with Crippen LogP contribution in [0.15, 0.2) is 47.3 Å². The molecule has 2 N–H and O–H groups in total. The summed E-state index contributed by atoms with van der Waals surface area (Å²) in [6.07, 6.45) is 0. The van der Waals surface area contributed by atoms with Crippen LogP contribution in [0.25, 0.3) is 10.9 Å². The van der Waals surface area contributed by atoms with Gasteiger partial charge in [0.15, 0.2) is 5.43 Å². The van der Waals surface area contributed by atoms with Gasteiger partial charge >= 0.3 is 5.97 Å². The van der Waals surface area contributed by atoms with Crippen molar-refractivity contribution >= 4 is 51.8 Å². The number of anilines is 1. The zero-order chi connectivity index (χ0) is 21.7. The number of benzene rings is 2. The molecule has 0 saturated heterocycles. The van der Waals surface area contributed by atoms with Gasteiger partial charge in [-0.1, -0.05) is 17.7 Å². The Morgan fingerprint density at radius 3 is 2.73 bits per heavy atom. The summed E-state index contributed by atoms with van der Waals surface area (Å²) in [5.74, 6) is 0.0904. The number of nitrogens with one attached hydrogen (secondary N) is 2. The van der Waals surface area contributed by atoms with Gasteiger partial charge in [-0.3, -0.25) is 9.59 Å². The number of aryl methyl sites for hydroxylation is 1. The summed E-state index contributed by atoms with van der Waals surface area (Å²) < 4.78 is 4.97. The molecular weight excluding hydrogens is 424 g/mol. The molecule has 1 aromatic heterocycles. The maximum atomic E-state index is 12.5. The molecular formula is C22H21ClN2O4S. The van der Waals surface area contributed by atoms with E-state index in [-0.39, 0.29) is 23.7 Å². The molecule has 0 aliphatic rings. The molecule has 1 amide bonds. The van der Waals surface area contributed by atoms with E-state index in [4.69, 9.17) is 16.3 Å². The van der Waals surface area contributed by atoms with E-state index in [2.05, 4.69) is 10.3 Å². The Morgan fingerprint density at radius 2 is 1.97 bits per heavy atom. The maximum Gasteiger partial charge on any atom is 0.338 e. The zero-order valence-corrected chi connectivity index (χ0v) is 18.2. The Balaban J connectivity index is 1.64. The molecule has 0 bridgehead atoms. The van der Waals surface area contributed by atoms with Gasteiger partial charge in [-0.15, -0.1) is 11.8 Å². The second-order valence-corrected chi connectivity index (χ2v) is 8.06. The van der Waals surface area contributed by atoms with E-state index in [0.29, 0.717) is 38.6 Å². The molecule has 1 heterocycles. The zero-order valence-electron chi connectivity index (χ0n) is 16.6. The fourth-order valence-electron chi connectivity index (χ4n) is 2.89. The van der Waals surface area contributed by atoms with Crippen LogP contribution in [0.3, 0.4) is 0 Å². The van der Waals surface area contributed by atoms with Crippen molar-refractivity contribution in [1.82, 2.24) is 4.98 Å². The SMILES string of the molecule is CCOC(=O)c1ccc2[nH]c(CSCC(=O)Nc3cc(Cl)ccc3C)cc(=O)c2c1. The van der Waals surface area contributed by atoms with E-state index >= 15 is 0 Å². The predicted molar refractivity (Wildman–Crippen MR) is 122 cm³/mol. The minimum Gasteiger partial charge on any atom is -0.462 e.